The number of aliphatic hydroxyl groups excluding tert-OH is 1. The first-order valence-electron chi connectivity index (χ1n) is 7.64. The van der Waals surface area contributed by atoms with E-state index in [1.807, 2.05) is 6.92 Å². The highest BCUT2D eigenvalue weighted by Crippen LogP contribution is 2.18. The molecule has 1 saturated carbocycles. The second-order valence-electron chi connectivity index (χ2n) is 5.47. The minimum Gasteiger partial charge on any atom is -0.393 e. The van der Waals surface area contributed by atoms with Gasteiger partial charge in [-0.25, -0.2) is 9.38 Å². The second kappa shape index (κ2) is 9.99. The lowest BCUT2D eigenvalue weighted by molar-refractivity contribution is 0.120. The fraction of sp³-hybridized carbons (Fsp3) is 0.562. The van der Waals surface area contributed by atoms with Crippen molar-refractivity contribution in [1.82, 2.24) is 10.6 Å². The zero-order valence-corrected chi connectivity index (χ0v) is 15.2. The van der Waals surface area contributed by atoms with E-state index in [0.29, 0.717) is 12.6 Å². The molecule has 124 valence electrons. The van der Waals surface area contributed by atoms with E-state index in [1.165, 1.54) is 12.1 Å². The van der Waals surface area contributed by atoms with Crippen LogP contribution in [0.4, 0.5) is 4.39 Å². The number of nitrogens with zero attached hydrogens (tertiary/aromatic N) is 1. The maximum absolute atomic E-state index is 12.9. The Bertz CT molecular complexity index is 459. The summed E-state index contributed by atoms with van der Waals surface area (Å²) in [5, 5.41) is 16.2. The zero-order chi connectivity index (χ0) is 15.1. The van der Waals surface area contributed by atoms with Gasteiger partial charge in [0.05, 0.1) is 12.6 Å². The first kappa shape index (κ1) is 19.2. The van der Waals surface area contributed by atoms with Crippen molar-refractivity contribution >= 4 is 29.9 Å². The van der Waals surface area contributed by atoms with Gasteiger partial charge < -0.3 is 15.7 Å². The summed E-state index contributed by atoms with van der Waals surface area (Å²) in [4.78, 5) is 4.54. The fourth-order valence-electron chi connectivity index (χ4n) is 2.49. The molecule has 1 fully saturated rings. The number of benzene rings is 1. The Morgan fingerprint density at radius 2 is 1.86 bits per heavy atom. The van der Waals surface area contributed by atoms with E-state index in [2.05, 4.69) is 15.6 Å². The van der Waals surface area contributed by atoms with Crippen molar-refractivity contribution in [3.8, 4) is 0 Å². The lowest BCUT2D eigenvalue weighted by Crippen LogP contribution is -2.45. The third-order valence-electron chi connectivity index (χ3n) is 3.71. The summed E-state index contributed by atoms with van der Waals surface area (Å²) in [6.45, 7) is 3.34. The Morgan fingerprint density at radius 1 is 1.23 bits per heavy atom. The summed E-state index contributed by atoms with van der Waals surface area (Å²) >= 11 is 0. The third kappa shape index (κ3) is 6.48. The predicted molar refractivity (Wildman–Crippen MR) is 98.0 cm³/mol. The van der Waals surface area contributed by atoms with Crippen molar-refractivity contribution in [2.24, 2.45) is 4.99 Å². The Kier molecular flexibility index (Phi) is 8.70. The molecule has 4 nitrogen and oxygen atoms in total. The molecule has 0 heterocycles. The molecule has 0 spiro atoms. The Labute approximate surface area is 148 Å². The van der Waals surface area contributed by atoms with Crippen LogP contribution < -0.4 is 10.6 Å². The topological polar surface area (TPSA) is 56.7 Å². The first-order valence-corrected chi connectivity index (χ1v) is 7.64. The molecule has 0 radical (unpaired) electrons. The molecule has 6 heteroatoms. The van der Waals surface area contributed by atoms with Crippen LogP contribution in [-0.2, 0) is 6.54 Å². The highest BCUT2D eigenvalue weighted by Gasteiger charge is 2.19. The Hall–Kier alpha value is -0.890. The molecule has 1 aliphatic rings. The minimum atomic E-state index is -0.228. The number of halogens is 2. The summed E-state index contributed by atoms with van der Waals surface area (Å²) in [5.41, 5.74) is 0.979. The van der Waals surface area contributed by atoms with Gasteiger partial charge in [0.25, 0.3) is 0 Å². The van der Waals surface area contributed by atoms with Crippen molar-refractivity contribution in [1.29, 1.82) is 0 Å². The molecule has 22 heavy (non-hydrogen) atoms. The number of aliphatic hydroxyl groups is 1. The van der Waals surface area contributed by atoms with Crippen LogP contribution >= 0.6 is 24.0 Å². The lowest BCUT2D eigenvalue weighted by Gasteiger charge is -2.27. The van der Waals surface area contributed by atoms with E-state index < -0.39 is 0 Å². The highest BCUT2D eigenvalue weighted by atomic mass is 127. The predicted octanol–water partition coefficient (Wildman–Crippen LogP) is 2.80. The van der Waals surface area contributed by atoms with Crippen LogP contribution in [0.5, 0.6) is 0 Å². The molecule has 0 atom stereocenters. The van der Waals surface area contributed by atoms with Crippen molar-refractivity contribution in [3.05, 3.63) is 35.6 Å². The van der Waals surface area contributed by atoms with Gasteiger partial charge in [0.1, 0.15) is 5.82 Å². The minimum absolute atomic E-state index is 0. The Balaban J connectivity index is 0.00000242. The SMILES string of the molecule is CCNC(=NCc1ccc(F)cc1)NC1CCC(O)CC1.I. The van der Waals surface area contributed by atoms with Crippen molar-refractivity contribution < 1.29 is 9.50 Å². The third-order valence-corrected chi connectivity index (χ3v) is 3.71. The molecule has 2 rings (SSSR count). The van der Waals surface area contributed by atoms with Crippen LogP contribution in [0.1, 0.15) is 38.2 Å². The molecule has 1 aliphatic carbocycles. The molecule has 0 aromatic heterocycles. The average Bonchev–Trinajstić information content (AvgIpc) is 2.49. The molecule has 0 bridgehead atoms. The van der Waals surface area contributed by atoms with Gasteiger partial charge in [0, 0.05) is 12.6 Å². The van der Waals surface area contributed by atoms with Crippen LogP contribution in [0.3, 0.4) is 0 Å². The molecule has 0 saturated heterocycles. The standard InChI is InChI=1S/C16H24FN3O.HI/c1-2-18-16(20-14-7-9-15(21)10-8-14)19-11-12-3-5-13(17)6-4-12;/h3-6,14-15,21H,2,7-11H2,1H3,(H2,18,19,20);1H. The van der Waals surface area contributed by atoms with Gasteiger partial charge in [-0.05, 0) is 50.3 Å². The quantitative estimate of drug-likeness (QED) is 0.398. The summed E-state index contributed by atoms with van der Waals surface area (Å²) < 4.78 is 12.9. The fourth-order valence-corrected chi connectivity index (χ4v) is 2.49. The molecule has 0 unspecified atom stereocenters. The van der Waals surface area contributed by atoms with Crippen molar-refractivity contribution in [2.45, 2.75) is 51.3 Å². The van der Waals surface area contributed by atoms with Crippen LogP contribution in [0.15, 0.2) is 29.3 Å². The molecule has 1 aromatic rings. The second-order valence-corrected chi connectivity index (χ2v) is 5.47. The van der Waals surface area contributed by atoms with Crippen LogP contribution in [0.25, 0.3) is 0 Å². The summed E-state index contributed by atoms with van der Waals surface area (Å²) in [5.74, 6) is 0.553. The number of hydrogen-bond acceptors (Lipinski definition) is 2. The first-order chi connectivity index (χ1) is 10.2. The number of guanidine groups is 1. The monoisotopic (exact) mass is 421 g/mol. The van der Waals surface area contributed by atoms with Crippen molar-refractivity contribution in [3.63, 3.8) is 0 Å². The molecule has 0 amide bonds. The maximum atomic E-state index is 12.9. The molecule has 0 aliphatic heterocycles. The number of rotatable bonds is 4. The smallest absolute Gasteiger partial charge is 0.191 e. The maximum Gasteiger partial charge on any atom is 0.191 e. The highest BCUT2D eigenvalue weighted by molar-refractivity contribution is 14.0. The van der Waals surface area contributed by atoms with Gasteiger partial charge in [-0.2, -0.15) is 0 Å². The number of nitrogens with one attached hydrogen (secondary N) is 2. The van der Waals surface area contributed by atoms with Gasteiger partial charge in [-0.3, -0.25) is 0 Å². The van der Waals surface area contributed by atoms with E-state index in [1.54, 1.807) is 12.1 Å². The number of aliphatic imine (C=N–C) groups is 1. The van der Waals surface area contributed by atoms with Crippen LogP contribution in [0, 0.1) is 5.82 Å². The van der Waals surface area contributed by atoms with E-state index >= 15 is 0 Å². The van der Waals surface area contributed by atoms with Crippen molar-refractivity contribution in [2.75, 3.05) is 6.54 Å². The van der Waals surface area contributed by atoms with E-state index in [-0.39, 0.29) is 35.9 Å². The van der Waals surface area contributed by atoms with Gasteiger partial charge in [-0.15, -0.1) is 24.0 Å². The summed E-state index contributed by atoms with van der Waals surface area (Å²) in [7, 11) is 0. The average molecular weight is 421 g/mol. The molecular weight excluding hydrogens is 396 g/mol. The van der Waals surface area contributed by atoms with Gasteiger partial charge in [0.15, 0.2) is 5.96 Å². The van der Waals surface area contributed by atoms with Crippen LogP contribution in [0.2, 0.25) is 0 Å². The molecule has 1 aromatic carbocycles. The largest absolute Gasteiger partial charge is 0.393 e. The summed E-state index contributed by atoms with van der Waals surface area (Å²) in [6.07, 6.45) is 3.45. The lowest BCUT2D eigenvalue weighted by atomic mass is 9.93. The Morgan fingerprint density at radius 3 is 2.45 bits per heavy atom. The van der Waals surface area contributed by atoms with Crippen LogP contribution in [-0.4, -0.2) is 29.8 Å². The van der Waals surface area contributed by atoms with Gasteiger partial charge in [-0.1, -0.05) is 12.1 Å². The molecular formula is C16H25FIN3O. The van der Waals surface area contributed by atoms with Gasteiger partial charge >= 0.3 is 0 Å². The zero-order valence-electron chi connectivity index (χ0n) is 12.9. The van der Waals surface area contributed by atoms with Gasteiger partial charge in [0.2, 0.25) is 0 Å². The summed E-state index contributed by atoms with van der Waals surface area (Å²) in [6, 6.07) is 6.76. The van der Waals surface area contributed by atoms with E-state index in [0.717, 1.165) is 43.8 Å². The van der Waals surface area contributed by atoms with E-state index in [4.69, 9.17) is 0 Å². The molecule has 3 N–H and O–H groups in total. The normalized spacial score (nSPS) is 21.9. The number of hydrogen-bond donors (Lipinski definition) is 3. The van der Waals surface area contributed by atoms with E-state index in [9.17, 15) is 9.50 Å².